The first kappa shape index (κ1) is 29.6. The minimum atomic E-state index is 0.256. The van der Waals surface area contributed by atoms with E-state index in [1.807, 2.05) is 0 Å². The zero-order valence-corrected chi connectivity index (χ0v) is 27.8. The minimum Gasteiger partial charge on any atom is -0.360 e. The number of hydrogen-bond acceptors (Lipinski definition) is 1. The molecule has 2 heterocycles. The quantitative estimate of drug-likeness (QED) is 0.149. The van der Waals surface area contributed by atoms with Crippen LogP contribution < -0.4 is 10.2 Å². The third-order valence-electron chi connectivity index (χ3n) is 10.4. The molecule has 1 unspecified atom stereocenters. The number of aromatic nitrogens is 1. The number of anilines is 1. The van der Waals surface area contributed by atoms with Crippen LogP contribution in [0, 0.1) is 0 Å². The van der Waals surface area contributed by atoms with Crippen LogP contribution in [0.1, 0.15) is 69.5 Å². The fourth-order valence-corrected chi connectivity index (χ4v) is 8.14. The molecular weight excluding hydrogens is 569 g/mol. The zero-order chi connectivity index (χ0) is 31.7. The van der Waals surface area contributed by atoms with Crippen molar-refractivity contribution in [3.8, 4) is 0 Å². The summed E-state index contributed by atoms with van der Waals surface area (Å²) in [5, 5.41) is 8.18. The van der Waals surface area contributed by atoms with Crippen LogP contribution in [0.5, 0.6) is 0 Å². The molecule has 1 aliphatic heterocycles. The highest BCUT2D eigenvalue weighted by Crippen LogP contribution is 2.46. The topological polar surface area (TPSA) is 8.17 Å². The molecular formula is C45H44N2. The van der Waals surface area contributed by atoms with Crippen molar-refractivity contribution >= 4 is 49.8 Å². The van der Waals surface area contributed by atoms with Gasteiger partial charge < -0.3 is 9.47 Å². The van der Waals surface area contributed by atoms with E-state index in [0.717, 1.165) is 25.9 Å². The van der Waals surface area contributed by atoms with Gasteiger partial charge >= 0.3 is 0 Å². The molecule has 0 bridgehead atoms. The van der Waals surface area contributed by atoms with Crippen LogP contribution in [0.4, 0.5) is 5.69 Å². The lowest BCUT2D eigenvalue weighted by Gasteiger charge is -2.26. The van der Waals surface area contributed by atoms with Crippen LogP contribution in [-0.2, 0) is 6.54 Å². The number of rotatable bonds is 10. The lowest BCUT2D eigenvalue weighted by Crippen LogP contribution is -2.24. The second-order valence-corrected chi connectivity index (χ2v) is 13.3. The maximum atomic E-state index is 2.64. The number of benzene rings is 5. The minimum absolute atomic E-state index is 0.256. The zero-order valence-electron chi connectivity index (χ0n) is 27.8. The Kier molecular flexibility index (Phi) is 8.03. The molecule has 1 aliphatic carbocycles. The van der Waals surface area contributed by atoms with E-state index >= 15 is 0 Å². The maximum Gasteiger partial charge on any atom is 0.0736 e. The summed E-state index contributed by atoms with van der Waals surface area (Å²) in [5.41, 5.74) is 9.77. The summed E-state index contributed by atoms with van der Waals surface area (Å²) in [5.74, 6) is 0. The van der Waals surface area contributed by atoms with Crippen molar-refractivity contribution in [2.75, 3.05) is 11.4 Å². The van der Waals surface area contributed by atoms with Gasteiger partial charge in [-0.1, -0.05) is 136 Å². The molecule has 1 aromatic heterocycles. The molecule has 0 radical (unpaired) electrons. The normalized spacial score (nSPS) is 17.7. The van der Waals surface area contributed by atoms with Gasteiger partial charge in [-0.3, -0.25) is 0 Å². The van der Waals surface area contributed by atoms with Gasteiger partial charge in [0.25, 0.3) is 0 Å². The average molecular weight is 613 g/mol. The molecule has 0 N–H and O–H groups in total. The Balaban J connectivity index is 1.24. The average Bonchev–Trinajstić information content (AvgIpc) is 3.76. The number of nitrogens with zero attached hydrogens (tertiary/aromatic N) is 2. The van der Waals surface area contributed by atoms with Crippen LogP contribution in [0.2, 0.25) is 0 Å². The Morgan fingerprint density at radius 2 is 1.40 bits per heavy atom. The van der Waals surface area contributed by atoms with E-state index in [2.05, 4.69) is 151 Å². The van der Waals surface area contributed by atoms with Gasteiger partial charge in [0.05, 0.1) is 6.04 Å². The largest absolute Gasteiger partial charge is 0.360 e. The molecule has 8 rings (SSSR count). The van der Waals surface area contributed by atoms with Crippen molar-refractivity contribution in [3.63, 3.8) is 0 Å². The molecule has 0 fully saturated rings. The molecule has 2 heteroatoms. The third-order valence-corrected chi connectivity index (χ3v) is 10.4. The molecule has 6 aromatic rings. The fourth-order valence-electron chi connectivity index (χ4n) is 8.14. The van der Waals surface area contributed by atoms with E-state index in [-0.39, 0.29) is 6.04 Å². The molecule has 0 spiro atoms. The van der Waals surface area contributed by atoms with Crippen molar-refractivity contribution in [1.29, 1.82) is 0 Å². The second-order valence-electron chi connectivity index (χ2n) is 13.3. The predicted molar refractivity (Wildman–Crippen MR) is 203 cm³/mol. The van der Waals surface area contributed by atoms with Crippen molar-refractivity contribution in [3.05, 3.63) is 149 Å². The number of unbranched alkanes of at least 4 members (excludes halogenated alkanes) is 2. The highest BCUT2D eigenvalue weighted by molar-refractivity contribution is 6.10. The lowest BCUT2D eigenvalue weighted by atomic mass is 9.96. The van der Waals surface area contributed by atoms with E-state index in [0.29, 0.717) is 0 Å². The van der Waals surface area contributed by atoms with E-state index in [1.165, 1.54) is 97.0 Å². The van der Waals surface area contributed by atoms with Crippen LogP contribution in [0.15, 0.2) is 133 Å². The Hall–Kier alpha value is -4.82. The van der Waals surface area contributed by atoms with Crippen LogP contribution in [0.25, 0.3) is 44.1 Å². The molecule has 5 aromatic carbocycles. The van der Waals surface area contributed by atoms with Gasteiger partial charge in [0.2, 0.25) is 0 Å². The molecule has 234 valence electrons. The molecule has 0 saturated carbocycles. The van der Waals surface area contributed by atoms with Crippen LogP contribution in [-0.4, -0.2) is 11.1 Å². The molecule has 2 nitrogen and oxygen atoms in total. The van der Waals surface area contributed by atoms with Gasteiger partial charge in [-0.15, -0.1) is 0 Å². The van der Waals surface area contributed by atoms with Crippen LogP contribution >= 0.6 is 0 Å². The van der Waals surface area contributed by atoms with Gasteiger partial charge in [0.1, 0.15) is 0 Å². The number of aryl methyl sites for hydroxylation is 1. The van der Waals surface area contributed by atoms with Gasteiger partial charge in [-0.05, 0) is 82.5 Å². The first-order valence-electron chi connectivity index (χ1n) is 17.7. The van der Waals surface area contributed by atoms with E-state index < -0.39 is 0 Å². The first-order chi connectivity index (χ1) is 23.3. The number of hydrogen-bond donors (Lipinski definition) is 0. The monoisotopic (exact) mass is 612 g/mol. The molecule has 47 heavy (non-hydrogen) atoms. The molecule has 0 amide bonds. The second kappa shape index (κ2) is 12.8. The van der Waals surface area contributed by atoms with Crippen molar-refractivity contribution in [1.82, 2.24) is 4.57 Å². The maximum absolute atomic E-state index is 2.64. The Morgan fingerprint density at radius 3 is 2.21 bits per heavy atom. The van der Waals surface area contributed by atoms with E-state index in [4.69, 9.17) is 0 Å². The third kappa shape index (κ3) is 5.21. The smallest absolute Gasteiger partial charge is 0.0736 e. The summed E-state index contributed by atoms with van der Waals surface area (Å²) >= 11 is 0. The summed E-state index contributed by atoms with van der Waals surface area (Å²) in [7, 11) is 0. The molecule has 0 saturated heterocycles. The van der Waals surface area contributed by atoms with Gasteiger partial charge in [0.15, 0.2) is 0 Å². The first-order valence-corrected chi connectivity index (χ1v) is 17.7. The summed E-state index contributed by atoms with van der Waals surface area (Å²) < 4.78 is 2.56. The van der Waals surface area contributed by atoms with Crippen molar-refractivity contribution in [2.24, 2.45) is 0 Å². The van der Waals surface area contributed by atoms with Crippen LogP contribution in [0.3, 0.4) is 0 Å². The highest BCUT2D eigenvalue weighted by Gasteiger charge is 2.29. The summed E-state index contributed by atoms with van der Waals surface area (Å²) in [6.45, 7) is 6.69. The fraction of sp³-hybridized carbons (Fsp3) is 0.244. The van der Waals surface area contributed by atoms with E-state index in [1.54, 1.807) is 0 Å². The summed E-state index contributed by atoms with van der Waals surface area (Å²) in [6.07, 6.45) is 16.7. The molecule has 1 atom stereocenters. The SMILES string of the molecule is CCCCN1c2cccc3cccc(c23)C1/C=C/C1=C(c2ccccc2)C(=C/C=c2\c3cccc4cccc(c43)n2CCCC)/CC1. The van der Waals surface area contributed by atoms with Gasteiger partial charge in [-0.25, -0.2) is 0 Å². The Bertz CT molecular complexity index is 2220. The lowest BCUT2D eigenvalue weighted by molar-refractivity contribution is 0.640. The Labute approximate surface area is 279 Å². The van der Waals surface area contributed by atoms with Gasteiger partial charge in [0, 0.05) is 45.8 Å². The Morgan fingerprint density at radius 1 is 0.681 bits per heavy atom. The highest BCUT2D eigenvalue weighted by atomic mass is 15.2. The number of allylic oxidation sites excluding steroid dienone is 5. The summed E-state index contributed by atoms with van der Waals surface area (Å²) in [6, 6.07) is 38.5. The van der Waals surface area contributed by atoms with E-state index in [9.17, 15) is 0 Å². The standard InChI is InChI=1S/C45H44N2/c1-3-5-30-46-39(37-20-10-16-33-18-12-22-41(46)44(33)37)28-26-35-24-25-36(43(35)32-14-8-7-9-15-32)27-29-40-38-21-11-17-34-19-13-23-42(45(34)38)47(40)31-6-4-2/h7-23,26-29,39H,3-6,24-25,30-31H2,1-2H3/b28-26+,36-27+,40-29+. The van der Waals surface area contributed by atoms with Crippen molar-refractivity contribution < 1.29 is 0 Å². The summed E-state index contributed by atoms with van der Waals surface area (Å²) in [4.78, 5) is 2.64. The molecule has 2 aliphatic rings. The van der Waals surface area contributed by atoms with Crippen molar-refractivity contribution in [2.45, 2.75) is 65.0 Å². The van der Waals surface area contributed by atoms with Gasteiger partial charge in [-0.2, -0.15) is 0 Å². The predicted octanol–water partition coefficient (Wildman–Crippen LogP) is 11.3.